The van der Waals surface area contributed by atoms with Gasteiger partial charge in [-0.2, -0.15) is 8.78 Å². The van der Waals surface area contributed by atoms with Crippen molar-refractivity contribution in [3.8, 4) is 39.2 Å². The van der Waals surface area contributed by atoms with Crippen LogP contribution in [0, 0.1) is 116 Å². The molecule has 0 bridgehead atoms. The smallest absolute Gasteiger partial charge is 0.203 e. The maximum absolute atomic E-state index is 15.8. The molecule has 0 N–H and O–H groups in total. The fraction of sp³-hybridized carbons (Fsp3) is 0. The van der Waals surface area contributed by atoms with E-state index in [-0.39, 0.29) is 0 Å². The second-order valence-corrected chi connectivity index (χ2v) is 10.7. The van der Waals surface area contributed by atoms with Crippen LogP contribution >= 0.6 is 0 Å². The third-order valence-corrected chi connectivity index (χ3v) is 7.90. The normalized spacial score (nSPS) is 11.7. The minimum absolute atomic E-state index is 0.306. The Morgan fingerprint density at radius 1 is 0.259 bits per heavy atom. The lowest BCUT2D eigenvalue weighted by Crippen LogP contribution is -2.40. The molecule has 0 atom stereocenters. The van der Waals surface area contributed by atoms with Crippen LogP contribution in [0.25, 0.3) is 50.1 Å². The van der Waals surface area contributed by atoms with Crippen molar-refractivity contribution in [3.05, 3.63) is 141 Å². The summed E-state index contributed by atoms with van der Waals surface area (Å²) in [6.45, 7) is 0. The van der Waals surface area contributed by atoms with E-state index in [0.717, 1.165) is 0 Å². The molecule has 21 heteroatoms. The number of rotatable bonds is 4. The predicted molar refractivity (Wildman–Crippen MR) is 141 cm³/mol. The molecule has 0 aliphatic carbocycles. The number of hydrogen-bond acceptors (Lipinski definition) is 0. The van der Waals surface area contributed by atoms with Crippen LogP contribution in [0.5, 0.6) is 0 Å². The molecule has 5 aromatic carbocycles. The monoisotopic (exact) mass is 794 g/mol. The van der Waals surface area contributed by atoms with Gasteiger partial charge in [-0.25, -0.2) is 79.0 Å². The zero-order chi connectivity index (χ0) is 40.1. The molecule has 280 valence electrons. The summed E-state index contributed by atoms with van der Waals surface area (Å²) in [5, 5.41) is -1.49. The lowest BCUT2D eigenvalue weighted by atomic mass is 9.85. The number of pyridine rings is 1. The molecule has 0 radical (unpaired) electrons. The molecule has 54 heavy (non-hydrogen) atoms. The molecule has 0 saturated carbocycles. The van der Waals surface area contributed by atoms with E-state index in [1.807, 2.05) is 0 Å². The van der Waals surface area contributed by atoms with E-state index >= 15 is 35.1 Å². The minimum Gasteiger partial charge on any atom is -0.203 e. The van der Waals surface area contributed by atoms with Gasteiger partial charge >= 0.3 is 0 Å². The first-order chi connectivity index (χ1) is 25.2. The predicted octanol–water partition coefficient (Wildman–Crippen LogP) is 10.9. The Balaban J connectivity index is 2.17. The largest absolute Gasteiger partial charge is 0.290 e. The summed E-state index contributed by atoms with van der Waals surface area (Å²) in [6, 6.07) is 1.90. The fourth-order valence-electron chi connectivity index (χ4n) is 5.59. The van der Waals surface area contributed by atoms with E-state index < -0.39 is 171 Å². The van der Waals surface area contributed by atoms with E-state index in [0.29, 0.717) is 24.3 Å². The topological polar surface area (TPSA) is 3.88 Å². The number of halogens is 20. The van der Waals surface area contributed by atoms with Gasteiger partial charge in [-0.15, -0.1) is 4.57 Å². The zero-order valence-corrected chi connectivity index (χ0v) is 24.8. The summed E-state index contributed by atoms with van der Waals surface area (Å²) in [5.41, 5.74) is -19.6. The van der Waals surface area contributed by atoms with Crippen molar-refractivity contribution in [2.24, 2.45) is 0 Å². The summed E-state index contributed by atoms with van der Waals surface area (Å²) in [6.07, 6.45) is 0. The molecule has 0 aliphatic heterocycles. The Morgan fingerprint density at radius 3 is 0.907 bits per heavy atom. The SMILES string of the molecule is Fc1c(F)c(F)c(-c2c(-c3c(F)c(F)c(F)c(F)c3F)c3ccccc3[n+](-c3c(F)c(F)c(F)c(F)c3F)c2-c2c(F)c(F)c(F)c(F)c2F)c(F)c1F. The van der Waals surface area contributed by atoms with Gasteiger partial charge in [-0.05, 0) is 6.07 Å². The quantitative estimate of drug-likeness (QED) is 0.0724. The van der Waals surface area contributed by atoms with E-state index in [4.69, 9.17) is 0 Å². The molecule has 1 nitrogen and oxygen atoms in total. The highest BCUT2D eigenvalue weighted by atomic mass is 19.2. The van der Waals surface area contributed by atoms with E-state index in [2.05, 4.69) is 0 Å². The Hall–Kier alpha value is -5.89. The van der Waals surface area contributed by atoms with Gasteiger partial charge < -0.3 is 0 Å². The standard InChI is InChI=1S/C33H4F20N/c34-12-9(13(35)19(41)24(46)18(12)40)7-5-3-1-2-4-6(5)54(33-30(52)28(50)27(49)29(51)31(33)53)32(11-16(38)22(44)26(48)23(45)17(11)39)8(7)10-14(36)20(42)25(47)21(43)15(10)37/h1-4H/q+1. The van der Waals surface area contributed by atoms with Crippen molar-refractivity contribution in [1.29, 1.82) is 0 Å². The van der Waals surface area contributed by atoms with Crippen LogP contribution < -0.4 is 4.57 Å². The second kappa shape index (κ2) is 12.9. The van der Waals surface area contributed by atoms with Crippen LogP contribution in [0.3, 0.4) is 0 Å². The summed E-state index contributed by atoms with van der Waals surface area (Å²) in [5.74, 6) is -61.9. The first-order valence-electron chi connectivity index (χ1n) is 13.8. The summed E-state index contributed by atoms with van der Waals surface area (Å²) >= 11 is 0. The molecule has 6 rings (SSSR count). The molecule has 1 heterocycles. The molecule has 0 unspecified atom stereocenters. The number of nitrogens with zero attached hydrogens (tertiary/aromatic N) is 1. The summed E-state index contributed by atoms with van der Waals surface area (Å²) in [7, 11) is 0. The highest BCUT2D eigenvalue weighted by molar-refractivity contribution is 6.06. The van der Waals surface area contributed by atoms with Gasteiger partial charge in [-0.3, -0.25) is 0 Å². The van der Waals surface area contributed by atoms with Crippen LogP contribution in [0.1, 0.15) is 0 Å². The van der Waals surface area contributed by atoms with E-state index in [1.54, 1.807) is 0 Å². The van der Waals surface area contributed by atoms with Crippen molar-refractivity contribution in [2.45, 2.75) is 0 Å². The average Bonchev–Trinajstić information content (AvgIpc) is 3.16. The maximum atomic E-state index is 15.8. The van der Waals surface area contributed by atoms with Crippen LogP contribution in [-0.2, 0) is 0 Å². The Morgan fingerprint density at radius 2 is 0.537 bits per heavy atom. The first-order valence-corrected chi connectivity index (χ1v) is 13.8. The first kappa shape index (κ1) is 37.9. The van der Waals surface area contributed by atoms with Crippen LogP contribution in [0.2, 0.25) is 0 Å². The van der Waals surface area contributed by atoms with Crippen molar-refractivity contribution in [2.75, 3.05) is 0 Å². The number of fused-ring (bicyclic) bond motifs is 1. The average molecular weight is 794 g/mol. The highest BCUT2D eigenvalue weighted by Crippen LogP contribution is 2.49. The Kier molecular flexibility index (Phi) is 9.04. The fourth-order valence-corrected chi connectivity index (χ4v) is 5.59. The van der Waals surface area contributed by atoms with Crippen LogP contribution in [-0.4, -0.2) is 0 Å². The number of aromatic nitrogens is 1. The highest BCUT2D eigenvalue weighted by Gasteiger charge is 2.45. The van der Waals surface area contributed by atoms with Crippen molar-refractivity contribution in [3.63, 3.8) is 0 Å². The molecule has 0 saturated heterocycles. The second-order valence-electron chi connectivity index (χ2n) is 10.7. The van der Waals surface area contributed by atoms with Crippen LogP contribution in [0.4, 0.5) is 87.8 Å². The zero-order valence-electron chi connectivity index (χ0n) is 24.8. The van der Waals surface area contributed by atoms with Crippen molar-refractivity contribution >= 4 is 10.9 Å². The van der Waals surface area contributed by atoms with Gasteiger partial charge in [0.1, 0.15) is 5.56 Å². The van der Waals surface area contributed by atoms with E-state index in [1.165, 1.54) is 0 Å². The summed E-state index contributed by atoms with van der Waals surface area (Å²) < 4.78 is 299. The third-order valence-electron chi connectivity index (χ3n) is 7.90. The Labute approximate surface area is 283 Å². The van der Waals surface area contributed by atoms with Gasteiger partial charge in [-0.1, -0.05) is 12.1 Å². The van der Waals surface area contributed by atoms with Crippen molar-refractivity contribution < 1.29 is 92.4 Å². The Bertz CT molecular complexity index is 2370. The van der Waals surface area contributed by atoms with Crippen molar-refractivity contribution in [1.82, 2.24) is 0 Å². The molecule has 0 amide bonds. The molecule has 0 fully saturated rings. The number of hydrogen-bond donors (Lipinski definition) is 0. The molecular formula is C33H4F20N+. The number of benzene rings is 5. The van der Waals surface area contributed by atoms with Gasteiger partial charge in [0.2, 0.25) is 57.7 Å². The third kappa shape index (κ3) is 4.99. The minimum atomic E-state index is -3.20. The number of para-hydroxylation sites is 1. The maximum Gasteiger partial charge on any atom is 0.290 e. The summed E-state index contributed by atoms with van der Waals surface area (Å²) in [4.78, 5) is 0. The van der Waals surface area contributed by atoms with Crippen LogP contribution in [0.15, 0.2) is 24.3 Å². The lowest BCUT2D eigenvalue weighted by Gasteiger charge is -2.21. The van der Waals surface area contributed by atoms with E-state index in [9.17, 15) is 52.7 Å². The van der Waals surface area contributed by atoms with Gasteiger partial charge in [0.15, 0.2) is 69.8 Å². The van der Waals surface area contributed by atoms with Gasteiger partial charge in [0.25, 0.3) is 5.69 Å². The molecular weight excluding hydrogens is 790 g/mol. The molecule has 0 aliphatic rings. The van der Waals surface area contributed by atoms with Gasteiger partial charge in [0, 0.05) is 11.6 Å². The molecule has 6 aromatic rings. The molecule has 0 spiro atoms. The van der Waals surface area contributed by atoms with Gasteiger partial charge in [0.05, 0.1) is 22.1 Å². The lowest BCUT2D eigenvalue weighted by molar-refractivity contribution is -0.559. The molecule has 1 aromatic heterocycles.